The molecule has 0 radical (unpaired) electrons. The Balaban J connectivity index is 2.34. The van der Waals surface area contributed by atoms with E-state index in [9.17, 15) is 4.79 Å². The van der Waals surface area contributed by atoms with Crippen LogP contribution in [0.4, 0.5) is 0 Å². The van der Waals surface area contributed by atoms with Crippen LogP contribution in [-0.4, -0.2) is 10.2 Å². The molecule has 0 fully saturated rings. The third-order valence-electron chi connectivity index (χ3n) is 2.23. The minimum absolute atomic E-state index is 0.166. The average Bonchev–Trinajstić information content (AvgIpc) is 2.81. The largest absolute Gasteiger partial charge is 0.423 e. The number of aromatic nitrogens is 2. The maximum atomic E-state index is 11.6. The minimum atomic E-state index is -0.483. The molecule has 3 rings (SSSR count). The molecule has 1 aromatic carbocycles. The third kappa shape index (κ3) is 1.30. The summed E-state index contributed by atoms with van der Waals surface area (Å²) in [5, 5.41) is 8.02. The first kappa shape index (κ1) is 8.84. The molecule has 16 heavy (non-hydrogen) atoms. The number of nitrogens with zero attached hydrogens (tertiary/aromatic N) is 2. The molecule has 78 valence electrons. The molecule has 2 aromatic heterocycles. The van der Waals surface area contributed by atoms with Crippen molar-refractivity contribution in [2.24, 2.45) is 0 Å². The van der Waals surface area contributed by atoms with E-state index in [0.717, 1.165) is 5.39 Å². The number of hydrogen-bond acceptors (Lipinski definition) is 5. The van der Waals surface area contributed by atoms with E-state index in [4.69, 9.17) is 8.83 Å². The normalized spacial score (nSPS) is 10.8. The van der Waals surface area contributed by atoms with E-state index in [0.29, 0.717) is 5.58 Å². The van der Waals surface area contributed by atoms with E-state index in [1.807, 2.05) is 12.1 Å². The fourth-order valence-corrected chi connectivity index (χ4v) is 1.50. The smallest absolute Gasteiger partial charge is 0.349 e. The molecular formula is C11H6N2O3. The first-order chi connectivity index (χ1) is 7.84. The van der Waals surface area contributed by atoms with Gasteiger partial charge in [0, 0.05) is 5.39 Å². The highest BCUT2D eigenvalue weighted by Crippen LogP contribution is 2.18. The quantitative estimate of drug-likeness (QED) is 0.578. The summed E-state index contributed by atoms with van der Waals surface area (Å²) in [6.45, 7) is 0. The number of fused-ring (bicyclic) bond motifs is 1. The van der Waals surface area contributed by atoms with Gasteiger partial charge in [-0.15, -0.1) is 10.2 Å². The van der Waals surface area contributed by atoms with Gasteiger partial charge < -0.3 is 8.83 Å². The highest BCUT2D eigenvalue weighted by Gasteiger charge is 2.11. The van der Waals surface area contributed by atoms with Crippen molar-refractivity contribution < 1.29 is 8.83 Å². The van der Waals surface area contributed by atoms with E-state index in [2.05, 4.69) is 10.2 Å². The second kappa shape index (κ2) is 3.30. The Morgan fingerprint density at radius 1 is 1.19 bits per heavy atom. The lowest BCUT2D eigenvalue weighted by atomic mass is 10.2. The molecule has 0 aliphatic heterocycles. The van der Waals surface area contributed by atoms with Gasteiger partial charge in [0.05, 0.1) is 0 Å². The van der Waals surface area contributed by atoms with E-state index in [1.54, 1.807) is 18.2 Å². The van der Waals surface area contributed by atoms with Crippen LogP contribution in [0.5, 0.6) is 0 Å². The number of rotatable bonds is 1. The van der Waals surface area contributed by atoms with Gasteiger partial charge >= 0.3 is 5.63 Å². The van der Waals surface area contributed by atoms with Gasteiger partial charge in [0.25, 0.3) is 5.89 Å². The van der Waals surface area contributed by atoms with Crippen LogP contribution >= 0.6 is 0 Å². The van der Waals surface area contributed by atoms with Gasteiger partial charge in [0.2, 0.25) is 6.39 Å². The SMILES string of the molecule is O=c1oc2ccccc2cc1-c1nnco1. The topological polar surface area (TPSA) is 69.1 Å². The molecule has 0 bridgehead atoms. The van der Waals surface area contributed by atoms with Crippen molar-refractivity contribution >= 4 is 11.0 Å². The Morgan fingerprint density at radius 3 is 2.88 bits per heavy atom. The standard InChI is InChI=1S/C11H6N2O3/c14-11-8(10-13-12-6-15-10)5-7-3-1-2-4-9(7)16-11/h1-6H. The zero-order chi connectivity index (χ0) is 11.0. The molecule has 5 heteroatoms. The molecule has 0 aliphatic rings. The summed E-state index contributed by atoms with van der Waals surface area (Å²) < 4.78 is 10.1. The Bertz CT molecular complexity index is 686. The molecule has 5 nitrogen and oxygen atoms in total. The highest BCUT2D eigenvalue weighted by molar-refractivity contribution is 5.79. The molecular weight excluding hydrogens is 208 g/mol. The van der Waals surface area contributed by atoms with Crippen molar-refractivity contribution in [2.45, 2.75) is 0 Å². The van der Waals surface area contributed by atoms with Crippen molar-refractivity contribution in [1.29, 1.82) is 0 Å². The molecule has 0 atom stereocenters. The molecule has 0 amide bonds. The molecule has 2 heterocycles. The zero-order valence-electron chi connectivity index (χ0n) is 8.08. The zero-order valence-corrected chi connectivity index (χ0v) is 8.08. The fourth-order valence-electron chi connectivity index (χ4n) is 1.50. The van der Waals surface area contributed by atoms with E-state index in [1.165, 1.54) is 6.39 Å². The fraction of sp³-hybridized carbons (Fsp3) is 0. The highest BCUT2D eigenvalue weighted by atomic mass is 16.4. The van der Waals surface area contributed by atoms with Gasteiger partial charge in [-0.25, -0.2) is 4.79 Å². The molecule has 0 N–H and O–H groups in total. The third-order valence-corrected chi connectivity index (χ3v) is 2.23. The monoisotopic (exact) mass is 214 g/mol. The Kier molecular flexibility index (Phi) is 1.83. The first-order valence-electron chi connectivity index (χ1n) is 4.64. The van der Waals surface area contributed by atoms with Gasteiger partial charge in [-0.05, 0) is 12.1 Å². The van der Waals surface area contributed by atoms with Gasteiger partial charge in [-0.2, -0.15) is 0 Å². The lowest BCUT2D eigenvalue weighted by Crippen LogP contribution is -2.02. The summed E-state index contributed by atoms with van der Waals surface area (Å²) in [6, 6.07) is 8.92. The van der Waals surface area contributed by atoms with Crippen molar-refractivity contribution in [3.8, 4) is 11.5 Å². The van der Waals surface area contributed by atoms with E-state index in [-0.39, 0.29) is 11.5 Å². The predicted molar refractivity (Wildman–Crippen MR) is 55.8 cm³/mol. The predicted octanol–water partition coefficient (Wildman–Crippen LogP) is 1.84. The Labute approximate surface area is 89.3 Å². The van der Waals surface area contributed by atoms with Crippen LogP contribution in [-0.2, 0) is 0 Å². The summed E-state index contributed by atoms with van der Waals surface area (Å²) in [5.74, 6) is 0.166. The molecule has 0 unspecified atom stereocenters. The first-order valence-corrected chi connectivity index (χ1v) is 4.64. The van der Waals surface area contributed by atoms with Crippen molar-refractivity contribution in [1.82, 2.24) is 10.2 Å². The summed E-state index contributed by atoms with van der Waals surface area (Å²) in [5.41, 5.74) is 0.329. The van der Waals surface area contributed by atoms with Crippen molar-refractivity contribution in [2.75, 3.05) is 0 Å². The number of hydrogen-bond donors (Lipinski definition) is 0. The second-order valence-corrected chi connectivity index (χ2v) is 3.23. The number of para-hydroxylation sites is 1. The van der Waals surface area contributed by atoms with Crippen molar-refractivity contribution in [3.05, 3.63) is 47.1 Å². The van der Waals surface area contributed by atoms with Gasteiger partial charge in [0.15, 0.2) is 0 Å². The van der Waals surface area contributed by atoms with Gasteiger partial charge in [-0.3, -0.25) is 0 Å². The van der Waals surface area contributed by atoms with Crippen LogP contribution in [0.3, 0.4) is 0 Å². The lowest BCUT2D eigenvalue weighted by Gasteiger charge is -1.97. The van der Waals surface area contributed by atoms with Crippen LogP contribution in [0.25, 0.3) is 22.4 Å². The average molecular weight is 214 g/mol. The van der Waals surface area contributed by atoms with Gasteiger partial charge in [-0.1, -0.05) is 18.2 Å². The lowest BCUT2D eigenvalue weighted by molar-refractivity contribution is 0.542. The maximum Gasteiger partial charge on any atom is 0.349 e. The summed E-state index contributed by atoms with van der Waals surface area (Å²) in [7, 11) is 0. The van der Waals surface area contributed by atoms with Crippen LogP contribution in [0.2, 0.25) is 0 Å². The van der Waals surface area contributed by atoms with Crippen LogP contribution in [0, 0.1) is 0 Å². The van der Waals surface area contributed by atoms with Crippen LogP contribution < -0.4 is 5.63 Å². The minimum Gasteiger partial charge on any atom is -0.423 e. The van der Waals surface area contributed by atoms with Gasteiger partial charge in [0.1, 0.15) is 11.1 Å². The van der Waals surface area contributed by atoms with E-state index < -0.39 is 5.63 Å². The molecule has 3 aromatic rings. The molecule has 0 saturated heterocycles. The second-order valence-electron chi connectivity index (χ2n) is 3.23. The number of benzene rings is 1. The van der Waals surface area contributed by atoms with E-state index >= 15 is 0 Å². The Hall–Kier alpha value is -2.43. The van der Waals surface area contributed by atoms with Crippen molar-refractivity contribution in [3.63, 3.8) is 0 Å². The molecule has 0 spiro atoms. The van der Waals surface area contributed by atoms with Crippen LogP contribution in [0.15, 0.2) is 50.4 Å². The maximum absolute atomic E-state index is 11.6. The summed E-state index contributed by atoms with van der Waals surface area (Å²) in [6.07, 6.45) is 1.17. The summed E-state index contributed by atoms with van der Waals surface area (Å²) >= 11 is 0. The molecule has 0 saturated carbocycles. The Morgan fingerprint density at radius 2 is 2.06 bits per heavy atom. The summed E-state index contributed by atoms with van der Waals surface area (Å²) in [4.78, 5) is 11.6. The molecule has 0 aliphatic carbocycles. The van der Waals surface area contributed by atoms with Crippen LogP contribution in [0.1, 0.15) is 0 Å².